The molecule has 4 nitrogen and oxygen atoms in total. The third-order valence-corrected chi connectivity index (χ3v) is 7.91. The molecule has 0 amide bonds. The van der Waals surface area contributed by atoms with Crippen LogP contribution in [0.5, 0.6) is 5.75 Å². The molecule has 2 aliphatic rings. The van der Waals surface area contributed by atoms with Crippen molar-refractivity contribution in [2.45, 2.75) is 53.9 Å². The molecule has 27 heavy (non-hydrogen) atoms. The number of ether oxygens (including phenoxy) is 1. The van der Waals surface area contributed by atoms with Crippen molar-refractivity contribution in [3.63, 3.8) is 0 Å². The minimum absolute atomic E-state index is 0.217. The number of hydrogen-bond acceptors (Lipinski definition) is 5. The van der Waals surface area contributed by atoms with Crippen LogP contribution < -0.4 is 10.2 Å². The van der Waals surface area contributed by atoms with Crippen LogP contribution in [0.4, 0.5) is 5.13 Å². The lowest BCUT2D eigenvalue weighted by molar-refractivity contribution is 0.194. The highest BCUT2D eigenvalue weighted by Gasteiger charge is 2.59. The number of aryl methyl sites for hydroxylation is 1. The molecule has 2 aromatic rings. The Balaban J connectivity index is 1.53. The molecule has 2 aliphatic carbocycles. The smallest absolute Gasteiger partial charge is 0.204 e. The first-order valence-corrected chi connectivity index (χ1v) is 10.7. The van der Waals surface area contributed by atoms with Gasteiger partial charge in [0.05, 0.1) is 12.3 Å². The molecule has 5 heteroatoms. The van der Waals surface area contributed by atoms with E-state index >= 15 is 0 Å². The Labute approximate surface area is 166 Å². The maximum Gasteiger partial charge on any atom is 0.204 e. The number of benzene rings is 1. The molecule has 2 saturated carbocycles. The number of fused-ring (bicyclic) bond motifs is 2. The average molecular weight is 384 g/mol. The Morgan fingerprint density at radius 1 is 1.26 bits per heavy atom. The number of nitrogens with one attached hydrogen (secondary N) is 1. The summed E-state index contributed by atoms with van der Waals surface area (Å²) in [4.78, 5) is 5.99. The topological polar surface area (TPSA) is 46.5 Å². The third kappa shape index (κ3) is 2.96. The SMILES string of the molecule is CCOc1ccc(-c2nc(N/N=C3/C[C@@H]4CC[C@]3(C)C4(C)C)sc2C)cc1. The zero-order chi connectivity index (χ0) is 19.2. The second-order valence-electron chi connectivity index (χ2n) is 8.55. The second-order valence-corrected chi connectivity index (χ2v) is 9.75. The molecule has 1 aromatic heterocycles. The summed E-state index contributed by atoms with van der Waals surface area (Å²) in [6.45, 7) is 12.0. The van der Waals surface area contributed by atoms with Crippen LogP contribution in [-0.2, 0) is 0 Å². The van der Waals surface area contributed by atoms with Crippen LogP contribution in [0, 0.1) is 23.7 Å². The molecule has 2 bridgehead atoms. The zero-order valence-electron chi connectivity index (χ0n) is 16.9. The fourth-order valence-electron chi connectivity index (χ4n) is 4.80. The van der Waals surface area contributed by atoms with Gasteiger partial charge in [-0.05, 0) is 68.7 Å². The van der Waals surface area contributed by atoms with Crippen LogP contribution in [0.2, 0.25) is 0 Å². The molecule has 0 saturated heterocycles. The summed E-state index contributed by atoms with van der Waals surface area (Å²) in [6, 6.07) is 8.15. The first-order valence-electron chi connectivity index (χ1n) is 9.89. The summed E-state index contributed by atoms with van der Waals surface area (Å²) in [6.07, 6.45) is 3.70. The number of thiazole rings is 1. The second kappa shape index (κ2) is 6.62. The quantitative estimate of drug-likeness (QED) is 0.632. The van der Waals surface area contributed by atoms with Crippen molar-refractivity contribution in [3.05, 3.63) is 29.1 Å². The fourth-order valence-corrected chi connectivity index (χ4v) is 5.58. The lowest BCUT2D eigenvalue weighted by Crippen LogP contribution is -2.32. The van der Waals surface area contributed by atoms with Crippen LogP contribution >= 0.6 is 11.3 Å². The van der Waals surface area contributed by atoms with Gasteiger partial charge >= 0.3 is 0 Å². The molecule has 1 aromatic carbocycles. The Hall–Kier alpha value is -1.88. The summed E-state index contributed by atoms with van der Waals surface area (Å²) in [5, 5.41) is 5.69. The molecule has 0 unspecified atom stereocenters. The van der Waals surface area contributed by atoms with E-state index in [1.54, 1.807) is 11.3 Å². The van der Waals surface area contributed by atoms with E-state index in [4.69, 9.17) is 14.8 Å². The van der Waals surface area contributed by atoms with Crippen molar-refractivity contribution in [3.8, 4) is 17.0 Å². The minimum Gasteiger partial charge on any atom is -0.494 e. The predicted octanol–water partition coefficient (Wildman–Crippen LogP) is 6.13. The lowest BCUT2D eigenvalue weighted by Gasteiger charge is -2.34. The lowest BCUT2D eigenvalue weighted by atomic mass is 9.70. The molecule has 2 atom stereocenters. The fraction of sp³-hybridized carbons (Fsp3) is 0.545. The van der Waals surface area contributed by atoms with E-state index < -0.39 is 0 Å². The highest BCUT2D eigenvalue weighted by atomic mass is 32.1. The first-order chi connectivity index (χ1) is 12.8. The van der Waals surface area contributed by atoms with E-state index in [9.17, 15) is 0 Å². The van der Waals surface area contributed by atoms with Gasteiger partial charge in [0, 0.05) is 21.6 Å². The van der Waals surface area contributed by atoms with Gasteiger partial charge in [-0.25, -0.2) is 4.98 Å². The van der Waals surface area contributed by atoms with Crippen molar-refractivity contribution in [2.75, 3.05) is 12.0 Å². The maximum atomic E-state index is 5.53. The van der Waals surface area contributed by atoms with Crippen LogP contribution in [0.3, 0.4) is 0 Å². The van der Waals surface area contributed by atoms with Crippen molar-refractivity contribution < 1.29 is 4.74 Å². The molecule has 4 rings (SSSR count). The van der Waals surface area contributed by atoms with Crippen LogP contribution in [0.15, 0.2) is 29.4 Å². The molecule has 144 valence electrons. The summed E-state index contributed by atoms with van der Waals surface area (Å²) < 4.78 is 5.53. The van der Waals surface area contributed by atoms with E-state index in [-0.39, 0.29) is 5.41 Å². The number of anilines is 1. The Morgan fingerprint density at radius 3 is 2.59 bits per heavy atom. The van der Waals surface area contributed by atoms with E-state index in [0.29, 0.717) is 12.0 Å². The molecular formula is C22H29N3OS. The molecule has 0 spiro atoms. The molecule has 2 fully saturated rings. The number of nitrogens with zero attached hydrogens (tertiary/aromatic N) is 2. The molecular weight excluding hydrogens is 354 g/mol. The van der Waals surface area contributed by atoms with Gasteiger partial charge in [-0.1, -0.05) is 20.8 Å². The van der Waals surface area contributed by atoms with Crippen molar-refractivity contribution in [2.24, 2.45) is 21.8 Å². The Bertz CT molecular complexity index is 868. The average Bonchev–Trinajstić information content (AvgIpc) is 3.18. The molecule has 1 N–H and O–H groups in total. The highest BCUT2D eigenvalue weighted by Crippen LogP contribution is 2.63. The van der Waals surface area contributed by atoms with Gasteiger partial charge in [0.25, 0.3) is 0 Å². The standard InChI is InChI=1S/C22H29N3OS/c1-6-26-17-9-7-15(8-10-17)19-14(2)27-20(23-19)25-24-18-13-16-11-12-22(18,5)21(16,3)4/h7-10,16H,6,11-13H2,1-5H3,(H,23,25)/b24-18-/t16-,22-/m0/s1. The Kier molecular flexibility index (Phi) is 4.53. The summed E-state index contributed by atoms with van der Waals surface area (Å²) in [5.74, 6) is 1.66. The summed E-state index contributed by atoms with van der Waals surface area (Å²) >= 11 is 1.67. The highest BCUT2D eigenvalue weighted by molar-refractivity contribution is 7.16. The molecule has 0 radical (unpaired) electrons. The maximum absolute atomic E-state index is 5.53. The van der Waals surface area contributed by atoms with E-state index in [1.807, 2.05) is 19.1 Å². The first kappa shape index (κ1) is 18.5. The van der Waals surface area contributed by atoms with E-state index in [2.05, 4.69) is 45.3 Å². The normalized spacial score (nSPS) is 27.3. The van der Waals surface area contributed by atoms with E-state index in [0.717, 1.165) is 34.5 Å². The van der Waals surface area contributed by atoms with Crippen LogP contribution in [-0.4, -0.2) is 17.3 Å². The van der Waals surface area contributed by atoms with Gasteiger partial charge in [-0.3, -0.25) is 5.43 Å². The largest absolute Gasteiger partial charge is 0.494 e. The number of hydrogen-bond donors (Lipinski definition) is 1. The van der Waals surface area contributed by atoms with Gasteiger partial charge in [0.15, 0.2) is 0 Å². The minimum atomic E-state index is 0.217. The molecule has 1 heterocycles. The van der Waals surface area contributed by atoms with Gasteiger partial charge in [0.1, 0.15) is 5.75 Å². The Morgan fingerprint density at radius 2 is 2.00 bits per heavy atom. The molecule has 0 aliphatic heterocycles. The van der Waals surface area contributed by atoms with Crippen LogP contribution in [0.25, 0.3) is 11.3 Å². The van der Waals surface area contributed by atoms with Crippen LogP contribution in [0.1, 0.15) is 51.8 Å². The van der Waals surface area contributed by atoms with Crippen molar-refractivity contribution in [1.29, 1.82) is 0 Å². The van der Waals surface area contributed by atoms with Gasteiger partial charge < -0.3 is 4.74 Å². The summed E-state index contributed by atoms with van der Waals surface area (Å²) in [7, 11) is 0. The number of rotatable bonds is 5. The van der Waals surface area contributed by atoms with Crippen molar-refractivity contribution >= 4 is 22.2 Å². The third-order valence-electron chi connectivity index (χ3n) is 7.03. The number of hydrazone groups is 1. The zero-order valence-corrected chi connectivity index (χ0v) is 17.7. The van der Waals surface area contributed by atoms with Gasteiger partial charge in [-0.15, -0.1) is 11.3 Å². The van der Waals surface area contributed by atoms with Gasteiger partial charge in [-0.2, -0.15) is 5.10 Å². The monoisotopic (exact) mass is 383 g/mol. The number of aromatic nitrogens is 1. The van der Waals surface area contributed by atoms with Crippen molar-refractivity contribution in [1.82, 2.24) is 4.98 Å². The van der Waals surface area contributed by atoms with Gasteiger partial charge in [0.2, 0.25) is 5.13 Å². The summed E-state index contributed by atoms with van der Waals surface area (Å²) in [5.41, 5.74) is 7.28. The van der Waals surface area contributed by atoms with E-state index in [1.165, 1.54) is 23.4 Å². The predicted molar refractivity (Wildman–Crippen MR) is 114 cm³/mol.